The van der Waals surface area contributed by atoms with Crippen LogP contribution >= 0.6 is 0 Å². The van der Waals surface area contributed by atoms with Gasteiger partial charge in [-0.2, -0.15) is 0 Å². The van der Waals surface area contributed by atoms with Gasteiger partial charge < -0.3 is 10.4 Å². The number of nitrogens with one attached hydrogen (secondary N) is 1. The molecule has 0 aromatic heterocycles. The molecule has 4 heteroatoms. The highest BCUT2D eigenvalue weighted by molar-refractivity contribution is 5.84. The topological polar surface area (TPSA) is 66.4 Å². The molecule has 0 aromatic carbocycles. The molecule has 4 nitrogen and oxygen atoms in total. The summed E-state index contributed by atoms with van der Waals surface area (Å²) in [5, 5.41) is 11.6. The predicted octanol–water partition coefficient (Wildman–Crippen LogP) is 2.43. The Labute approximate surface area is 104 Å². The van der Waals surface area contributed by atoms with Crippen LogP contribution in [-0.2, 0) is 9.59 Å². The van der Waals surface area contributed by atoms with E-state index in [0.29, 0.717) is 12.3 Å². The fourth-order valence-corrected chi connectivity index (χ4v) is 2.06. The standard InChI is InChI=1S/C13H25NO3/c1-5-8-11(13(16)17)14-12(15)9(4)10(6-2)7-3/h9-11H,5-8H2,1-4H3,(H,14,15)(H,16,17). The van der Waals surface area contributed by atoms with Gasteiger partial charge in [0.2, 0.25) is 5.91 Å². The minimum atomic E-state index is -0.947. The van der Waals surface area contributed by atoms with Gasteiger partial charge in [-0.1, -0.05) is 47.0 Å². The summed E-state index contributed by atoms with van der Waals surface area (Å²) >= 11 is 0. The summed E-state index contributed by atoms with van der Waals surface area (Å²) in [6, 6.07) is -0.746. The van der Waals surface area contributed by atoms with Crippen LogP contribution in [0.5, 0.6) is 0 Å². The Kier molecular flexibility index (Phi) is 7.59. The second-order valence-electron chi connectivity index (χ2n) is 4.55. The second-order valence-corrected chi connectivity index (χ2v) is 4.55. The first-order valence-electron chi connectivity index (χ1n) is 6.50. The molecule has 0 aliphatic heterocycles. The Morgan fingerprint density at radius 3 is 2.06 bits per heavy atom. The van der Waals surface area contributed by atoms with Gasteiger partial charge in [-0.3, -0.25) is 4.79 Å². The molecule has 2 unspecified atom stereocenters. The number of hydrogen-bond donors (Lipinski definition) is 2. The lowest BCUT2D eigenvalue weighted by molar-refractivity contribution is -0.142. The lowest BCUT2D eigenvalue weighted by Crippen LogP contribution is -2.44. The van der Waals surface area contributed by atoms with Crippen LogP contribution in [-0.4, -0.2) is 23.0 Å². The molecule has 2 atom stereocenters. The Hall–Kier alpha value is -1.06. The molecule has 0 aromatic rings. The maximum absolute atomic E-state index is 11.9. The van der Waals surface area contributed by atoms with Crippen LogP contribution in [0.25, 0.3) is 0 Å². The third-order valence-electron chi connectivity index (χ3n) is 3.36. The summed E-state index contributed by atoms with van der Waals surface area (Å²) in [6.07, 6.45) is 3.11. The Bertz CT molecular complexity index is 249. The summed E-state index contributed by atoms with van der Waals surface area (Å²) in [5.74, 6) is -0.883. The van der Waals surface area contributed by atoms with Crippen molar-refractivity contribution in [2.75, 3.05) is 0 Å². The average molecular weight is 243 g/mol. The van der Waals surface area contributed by atoms with Gasteiger partial charge in [0.05, 0.1) is 0 Å². The molecule has 0 fully saturated rings. The third-order valence-corrected chi connectivity index (χ3v) is 3.36. The minimum Gasteiger partial charge on any atom is -0.480 e. The number of carbonyl (C=O) groups excluding carboxylic acids is 1. The zero-order valence-electron chi connectivity index (χ0n) is 11.3. The molecule has 100 valence electrons. The van der Waals surface area contributed by atoms with Crippen molar-refractivity contribution in [3.05, 3.63) is 0 Å². The molecule has 0 saturated heterocycles. The van der Waals surface area contributed by atoms with E-state index < -0.39 is 12.0 Å². The van der Waals surface area contributed by atoms with Crippen molar-refractivity contribution >= 4 is 11.9 Å². The van der Waals surface area contributed by atoms with Crippen LogP contribution in [0.3, 0.4) is 0 Å². The smallest absolute Gasteiger partial charge is 0.326 e. The fraction of sp³-hybridized carbons (Fsp3) is 0.846. The molecule has 17 heavy (non-hydrogen) atoms. The van der Waals surface area contributed by atoms with Gasteiger partial charge in [0.1, 0.15) is 6.04 Å². The molecule has 1 amide bonds. The van der Waals surface area contributed by atoms with E-state index in [4.69, 9.17) is 5.11 Å². The zero-order valence-corrected chi connectivity index (χ0v) is 11.3. The van der Waals surface area contributed by atoms with Crippen LogP contribution in [0.2, 0.25) is 0 Å². The maximum Gasteiger partial charge on any atom is 0.326 e. The highest BCUT2D eigenvalue weighted by Gasteiger charge is 2.25. The van der Waals surface area contributed by atoms with E-state index in [1.807, 2.05) is 13.8 Å². The predicted molar refractivity (Wildman–Crippen MR) is 67.7 cm³/mol. The summed E-state index contributed by atoms with van der Waals surface area (Å²) in [4.78, 5) is 22.9. The first-order chi connectivity index (χ1) is 7.97. The van der Waals surface area contributed by atoms with E-state index in [9.17, 15) is 9.59 Å². The number of amides is 1. The average Bonchev–Trinajstić information content (AvgIpc) is 2.29. The lowest BCUT2D eigenvalue weighted by atomic mass is 9.88. The molecule has 0 bridgehead atoms. The summed E-state index contributed by atoms with van der Waals surface area (Å²) < 4.78 is 0. The Morgan fingerprint density at radius 1 is 1.18 bits per heavy atom. The van der Waals surface area contributed by atoms with Gasteiger partial charge in [-0.15, -0.1) is 0 Å². The molecule has 0 heterocycles. The number of hydrogen-bond acceptors (Lipinski definition) is 2. The van der Waals surface area contributed by atoms with Gasteiger partial charge in [-0.05, 0) is 12.3 Å². The molecule has 0 spiro atoms. The summed E-state index contributed by atoms with van der Waals surface area (Å²) in [6.45, 7) is 7.89. The Morgan fingerprint density at radius 2 is 1.71 bits per heavy atom. The third kappa shape index (κ3) is 5.20. The van der Waals surface area contributed by atoms with Gasteiger partial charge in [0, 0.05) is 5.92 Å². The number of aliphatic carboxylic acids is 1. The van der Waals surface area contributed by atoms with Crippen molar-refractivity contribution in [3.63, 3.8) is 0 Å². The van der Waals surface area contributed by atoms with Crippen molar-refractivity contribution in [2.24, 2.45) is 11.8 Å². The monoisotopic (exact) mass is 243 g/mol. The first-order valence-corrected chi connectivity index (χ1v) is 6.50. The van der Waals surface area contributed by atoms with Crippen molar-refractivity contribution < 1.29 is 14.7 Å². The first kappa shape index (κ1) is 15.9. The number of carboxylic acid groups (broad SMARTS) is 1. The van der Waals surface area contributed by atoms with Crippen LogP contribution < -0.4 is 5.32 Å². The molecule has 0 saturated carbocycles. The van der Waals surface area contributed by atoms with Crippen LogP contribution in [0.15, 0.2) is 0 Å². The summed E-state index contributed by atoms with van der Waals surface area (Å²) in [5.41, 5.74) is 0. The van der Waals surface area contributed by atoms with Crippen molar-refractivity contribution in [3.8, 4) is 0 Å². The normalized spacial score (nSPS) is 14.4. The van der Waals surface area contributed by atoms with Gasteiger partial charge in [0.25, 0.3) is 0 Å². The maximum atomic E-state index is 11.9. The summed E-state index contributed by atoms with van der Waals surface area (Å²) in [7, 11) is 0. The highest BCUT2D eigenvalue weighted by atomic mass is 16.4. The van der Waals surface area contributed by atoms with Gasteiger partial charge in [-0.25, -0.2) is 4.79 Å². The van der Waals surface area contributed by atoms with E-state index in [1.165, 1.54) is 0 Å². The van der Waals surface area contributed by atoms with E-state index in [1.54, 1.807) is 0 Å². The quantitative estimate of drug-likeness (QED) is 0.688. The molecule has 2 N–H and O–H groups in total. The van der Waals surface area contributed by atoms with Crippen LogP contribution in [0, 0.1) is 11.8 Å². The number of carbonyl (C=O) groups is 2. The number of rotatable bonds is 8. The van der Waals surface area contributed by atoms with E-state index in [0.717, 1.165) is 19.3 Å². The largest absolute Gasteiger partial charge is 0.480 e. The lowest BCUT2D eigenvalue weighted by Gasteiger charge is -2.22. The van der Waals surface area contributed by atoms with Crippen LogP contribution in [0.4, 0.5) is 0 Å². The highest BCUT2D eigenvalue weighted by Crippen LogP contribution is 2.19. The zero-order chi connectivity index (χ0) is 13.4. The molecule has 0 radical (unpaired) electrons. The molecule has 0 aliphatic carbocycles. The van der Waals surface area contributed by atoms with E-state index in [-0.39, 0.29) is 11.8 Å². The van der Waals surface area contributed by atoms with Crippen molar-refractivity contribution in [1.29, 1.82) is 0 Å². The molecule has 0 aliphatic rings. The SMILES string of the molecule is CCCC(NC(=O)C(C)C(CC)CC)C(=O)O. The molecular formula is C13H25NO3. The Balaban J connectivity index is 4.44. The van der Waals surface area contributed by atoms with E-state index in [2.05, 4.69) is 19.2 Å². The number of carboxylic acids is 1. The van der Waals surface area contributed by atoms with Gasteiger partial charge in [0.15, 0.2) is 0 Å². The van der Waals surface area contributed by atoms with Gasteiger partial charge >= 0.3 is 5.97 Å². The fourth-order valence-electron chi connectivity index (χ4n) is 2.06. The van der Waals surface area contributed by atoms with Crippen molar-refractivity contribution in [2.45, 2.75) is 59.4 Å². The molecule has 0 rings (SSSR count). The van der Waals surface area contributed by atoms with Crippen LogP contribution in [0.1, 0.15) is 53.4 Å². The second kappa shape index (κ2) is 8.09. The van der Waals surface area contributed by atoms with E-state index >= 15 is 0 Å². The van der Waals surface area contributed by atoms with Crippen molar-refractivity contribution in [1.82, 2.24) is 5.32 Å². The minimum absolute atomic E-state index is 0.122. The molecular weight excluding hydrogens is 218 g/mol.